The van der Waals surface area contributed by atoms with Gasteiger partial charge in [0.1, 0.15) is 0 Å². The van der Waals surface area contributed by atoms with Crippen LogP contribution in [0.1, 0.15) is 49.4 Å². The van der Waals surface area contributed by atoms with Crippen molar-refractivity contribution in [2.24, 2.45) is 4.99 Å². The largest absolute Gasteiger partial charge is 0.357 e. The van der Waals surface area contributed by atoms with Crippen LogP contribution >= 0.6 is 23.1 Å². The molecule has 1 fully saturated rings. The summed E-state index contributed by atoms with van der Waals surface area (Å²) < 4.78 is 0. The second kappa shape index (κ2) is 10.2. The minimum atomic E-state index is 0.561. The fourth-order valence-electron chi connectivity index (χ4n) is 2.89. The Morgan fingerprint density at radius 2 is 2.30 bits per heavy atom. The highest BCUT2D eigenvalue weighted by Crippen LogP contribution is 2.26. The normalized spacial score (nSPS) is 22.1. The van der Waals surface area contributed by atoms with E-state index in [9.17, 15) is 0 Å². The summed E-state index contributed by atoms with van der Waals surface area (Å²) in [5.41, 5.74) is 0. The molecule has 1 aliphatic rings. The maximum Gasteiger partial charge on any atom is 0.191 e. The van der Waals surface area contributed by atoms with Gasteiger partial charge in [-0.25, -0.2) is 4.98 Å². The molecule has 2 unspecified atom stereocenters. The monoisotopic (exact) mass is 354 g/mol. The molecular weight excluding hydrogens is 324 g/mol. The third-order valence-electron chi connectivity index (χ3n) is 4.19. The summed E-state index contributed by atoms with van der Waals surface area (Å²) >= 11 is 3.82. The van der Waals surface area contributed by atoms with E-state index in [2.05, 4.69) is 35.7 Å². The zero-order valence-electron chi connectivity index (χ0n) is 14.6. The van der Waals surface area contributed by atoms with Crippen molar-refractivity contribution in [3.63, 3.8) is 0 Å². The van der Waals surface area contributed by atoms with Crippen LogP contribution in [-0.4, -0.2) is 41.6 Å². The van der Waals surface area contributed by atoms with Crippen LogP contribution < -0.4 is 10.6 Å². The van der Waals surface area contributed by atoms with Crippen molar-refractivity contribution < 1.29 is 0 Å². The maximum atomic E-state index is 4.74. The van der Waals surface area contributed by atoms with E-state index in [4.69, 9.17) is 4.99 Å². The number of hydrogen-bond acceptors (Lipinski definition) is 4. The number of aryl methyl sites for hydroxylation is 1. The molecule has 2 N–H and O–H groups in total. The first-order chi connectivity index (χ1) is 11.2. The number of aliphatic imine (C=N–C) groups is 1. The topological polar surface area (TPSA) is 49.3 Å². The molecule has 0 aromatic carbocycles. The lowest BCUT2D eigenvalue weighted by atomic mass is 9.95. The molecule has 2 atom stereocenters. The van der Waals surface area contributed by atoms with Crippen LogP contribution in [0.2, 0.25) is 0 Å². The van der Waals surface area contributed by atoms with Gasteiger partial charge in [-0.05, 0) is 38.9 Å². The third-order valence-corrected chi connectivity index (χ3v) is 6.49. The molecule has 6 heteroatoms. The summed E-state index contributed by atoms with van der Waals surface area (Å²) in [6, 6.07) is 0.561. The van der Waals surface area contributed by atoms with Crippen LogP contribution in [0.3, 0.4) is 0 Å². The van der Waals surface area contributed by atoms with Crippen LogP contribution in [0.4, 0.5) is 0 Å². The summed E-state index contributed by atoms with van der Waals surface area (Å²) in [5, 5.41) is 9.01. The van der Waals surface area contributed by atoms with Gasteiger partial charge in [-0.2, -0.15) is 11.8 Å². The molecule has 130 valence electrons. The Morgan fingerprint density at radius 3 is 3.00 bits per heavy atom. The quantitative estimate of drug-likeness (QED) is 0.581. The Labute approximate surface area is 149 Å². The number of nitrogens with one attached hydrogen (secondary N) is 2. The van der Waals surface area contributed by atoms with Gasteiger partial charge < -0.3 is 10.6 Å². The van der Waals surface area contributed by atoms with Crippen molar-refractivity contribution in [1.29, 1.82) is 0 Å². The molecule has 0 spiro atoms. The Kier molecular flexibility index (Phi) is 8.23. The van der Waals surface area contributed by atoms with Gasteiger partial charge in [0.05, 0.1) is 5.01 Å². The van der Waals surface area contributed by atoms with Gasteiger partial charge in [-0.1, -0.05) is 13.3 Å². The number of hydrogen-bond donors (Lipinski definition) is 2. The van der Waals surface area contributed by atoms with Gasteiger partial charge in [0.15, 0.2) is 5.96 Å². The standard InChI is InChI=1S/C17H30N4S2/c1-4-14-12-20-16(23-14)9-10-19-17(18-5-2)21-13-7-6-8-15(11-13)22-3/h12-13,15H,4-11H2,1-3H3,(H2,18,19,21). The highest BCUT2D eigenvalue weighted by atomic mass is 32.2. The molecule has 0 saturated heterocycles. The number of nitrogens with zero attached hydrogens (tertiary/aromatic N) is 2. The first-order valence-electron chi connectivity index (χ1n) is 8.76. The van der Waals surface area contributed by atoms with E-state index in [1.54, 1.807) is 0 Å². The zero-order chi connectivity index (χ0) is 16.5. The molecule has 1 saturated carbocycles. The number of aromatic nitrogens is 1. The summed E-state index contributed by atoms with van der Waals surface area (Å²) in [5.74, 6) is 0.964. The molecule has 1 aromatic rings. The van der Waals surface area contributed by atoms with Crippen molar-refractivity contribution in [2.45, 2.75) is 63.7 Å². The molecule has 4 nitrogen and oxygen atoms in total. The number of thioether (sulfide) groups is 1. The van der Waals surface area contributed by atoms with Gasteiger partial charge in [0, 0.05) is 41.9 Å². The highest BCUT2D eigenvalue weighted by Gasteiger charge is 2.21. The molecule has 1 aromatic heterocycles. The SMILES string of the molecule is CCNC(=NCCc1ncc(CC)s1)NC1CCCC(SC)C1. The van der Waals surface area contributed by atoms with Gasteiger partial charge in [0.25, 0.3) is 0 Å². The summed E-state index contributed by atoms with van der Waals surface area (Å²) in [6.07, 6.45) is 11.4. The molecule has 0 aliphatic heterocycles. The van der Waals surface area contributed by atoms with Gasteiger partial charge >= 0.3 is 0 Å². The minimum Gasteiger partial charge on any atom is -0.357 e. The highest BCUT2D eigenvalue weighted by molar-refractivity contribution is 7.99. The van der Waals surface area contributed by atoms with E-state index >= 15 is 0 Å². The minimum absolute atomic E-state index is 0.561. The third kappa shape index (κ3) is 6.34. The molecule has 1 heterocycles. The molecular formula is C17H30N4S2. The van der Waals surface area contributed by atoms with Crippen molar-refractivity contribution in [3.8, 4) is 0 Å². The predicted octanol–water partition coefficient (Wildman–Crippen LogP) is 3.48. The Balaban J connectivity index is 1.84. The van der Waals surface area contributed by atoms with Crippen molar-refractivity contribution in [3.05, 3.63) is 16.1 Å². The van der Waals surface area contributed by atoms with Crippen molar-refractivity contribution >= 4 is 29.1 Å². The molecule has 0 radical (unpaired) electrons. The second-order valence-corrected chi connectivity index (χ2v) is 8.29. The zero-order valence-corrected chi connectivity index (χ0v) is 16.2. The van der Waals surface area contributed by atoms with Gasteiger partial charge in [0.2, 0.25) is 0 Å². The first-order valence-corrected chi connectivity index (χ1v) is 10.9. The second-order valence-electron chi connectivity index (χ2n) is 5.95. The number of rotatable bonds is 7. The molecule has 0 bridgehead atoms. The van der Waals surface area contributed by atoms with Crippen LogP contribution in [0.15, 0.2) is 11.2 Å². The van der Waals surface area contributed by atoms with Crippen molar-refractivity contribution in [2.75, 3.05) is 19.3 Å². The first kappa shape index (κ1) is 18.6. The van der Waals surface area contributed by atoms with Crippen LogP contribution in [-0.2, 0) is 12.8 Å². The number of guanidine groups is 1. The van der Waals surface area contributed by atoms with E-state index in [0.717, 1.165) is 37.1 Å². The Bertz CT molecular complexity index is 487. The van der Waals surface area contributed by atoms with Gasteiger partial charge in [-0.3, -0.25) is 4.99 Å². The molecule has 1 aliphatic carbocycles. The average molecular weight is 355 g/mol. The maximum absolute atomic E-state index is 4.74. The Morgan fingerprint density at radius 1 is 1.43 bits per heavy atom. The summed E-state index contributed by atoms with van der Waals surface area (Å²) in [4.78, 5) is 10.6. The van der Waals surface area contributed by atoms with E-state index in [-0.39, 0.29) is 0 Å². The van der Waals surface area contributed by atoms with Crippen LogP contribution in [0, 0.1) is 0 Å². The lowest BCUT2D eigenvalue weighted by Gasteiger charge is -2.29. The van der Waals surface area contributed by atoms with Crippen LogP contribution in [0.25, 0.3) is 0 Å². The van der Waals surface area contributed by atoms with E-state index in [0.29, 0.717) is 6.04 Å². The summed E-state index contributed by atoms with van der Waals surface area (Å²) in [6.45, 7) is 6.00. The van der Waals surface area contributed by atoms with Gasteiger partial charge in [-0.15, -0.1) is 11.3 Å². The fraction of sp³-hybridized carbons (Fsp3) is 0.765. The lowest BCUT2D eigenvalue weighted by molar-refractivity contribution is 0.419. The number of thiazole rings is 1. The fourth-order valence-corrected chi connectivity index (χ4v) is 4.57. The van der Waals surface area contributed by atoms with E-state index < -0.39 is 0 Å². The summed E-state index contributed by atoms with van der Waals surface area (Å²) in [7, 11) is 0. The smallest absolute Gasteiger partial charge is 0.191 e. The predicted molar refractivity (Wildman–Crippen MR) is 104 cm³/mol. The molecule has 2 rings (SSSR count). The Hall–Kier alpha value is -0.750. The van der Waals surface area contributed by atoms with Crippen molar-refractivity contribution in [1.82, 2.24) is 15.6 Å². The molecule has 23 heavy (non-hydrogen) atoms. The lowest BCUT2D eigenvalue weighted by Crippen LogP contribution is -2.45. The average Bonchev–Trinajstić information content (AvgIpc) is 3.03. The van der Waals surface area contributed by atoms with E-state index in [1.807, 2.05) is 29.3 Å². The van der Waals surface area contributed by atoms with E-state index in [1.165, 1.54) is 35.6 Å². The molecule has 0 amide bonds. The van der Waals surface area contributed by atoms with Crippen LogP contribution in [0.5, 0.6) is 0 Å².